The molecule has 0 spiro atoms. The summed E-state index contributed by atoms with van der Waals surface area (Å²) in [5.74, 6) is -0.614. The first kappa shape index (κ1) is 11.6. The lowest BCUT2D eigenvalue weighted by Gasteiger charge is -2.02. The third kappa shape index (κ3) is 2.01. The molecule has 2 aromatic carbocycles. The Morgan fingerprint density at radius 3 is 2.74 bits per heavy atom. The third-order valence-corrected chi connectivity index (χ3v) is 3.07. The molecule has 0 aliphatic heterocycles. The molecular weight excluding hydrogens is 243 g/mol. The summed E-state index contributed by atoms with van der Waals surface area (Å²) in [7, 11) is 1.89. The Morgan fingerprint density at radius 2 is 1.95 bits per heavy atom. The van der Waals surface area contributed by atoms with Crippen molar-refractivity contribution in [2.75, 3.05) is 0 Å². The summed E-state index contributed by atoms with van der Waals surface area (Å²) in [5.41, 5.74) is 2.56. The first-order valence-corrected chi connectivity index (χ1v) is 5.86. The van der Waals surface area contributed by atoms with Gasteiger partial charge in [-0.05, 0) is 30.3 Å². The molecule has 19 heavy (non-hydrogen) atoms. The Hall–Kier alpha value is -2.49. The molecule has 94 valence electrons. The van der Waals surface area contributed by atoms with Gasteiger partial charge in [0.1, 0.15) is 5.82 Å². The van der Waals surface area contributed by atoms with Gasteiger partial charge >= 0.3 is 0 Å². The van der Waals surface area contributed by atoms with Gasteiger partial charge in [-0.3, -0.25) is 4.79 Å². The van der Waals surface area contributed by atoms with E-state index in [0.29, 0.717) is 11.1 Å². The van der Waals surface area contributed by atoms with Gasteiger partial charge in [-0.2, -0.15) is 0 Å². The van der Waals surface area contributed by atoms with Gasteiger partial charge in [0.15, 0.2) is 5.78 Å². The molecule has 0 amide bonds. The molecule has 4 heteroatoms. The zero-order valence-electron chi connectivity index (χ0n) is 10.3. The maximum Gasteiger partial charge on any atom is 0.193 e. The smallest absolute Gasteiger partial charge is 0.193 e. The Morgan fingerprint density at radius 1 is 1.16 bits per heavy atom. The summed E-state index contributed by atoms with van der Waals surface area (Å²) in [6.45, 7) is 0. The van der Waals surface area contributed by atoms with Crippen molar-refractivity contribution in [2.45, 2.75) is 0 Å². The van der Waals surface area contributed by atoms with E-state index in [1.807, 2.05) is 17.7 Å². The molecule has 1 aromatic heterocycles. The van der Waals surface area contributed by atoms with Crippen molar-refractivity contribution in [1.29, 1.82) is 0 Å². The molecule has 0 aliphatic carbocycles. The van der Waals surface area contributed by atoms with Crippen LogP contribution in [0.5, 0.6) is 0 Å². The topological polar surface area (TPSA) is 34.9 Å². The van der Waals surface area contributed by atoms with Gasteiger partial charge in [0.05, 0.1) is 17.4 Å². The monoisotopic (exact) mass is 254 g/mol. The summed E-state index contributed by atoms with van der Waals surface area (Å²) in [6, 6.07) is 11.0. The van der Waals surface area contributed by atoms with Gasteiger partial charge < -0.3 is 4.57 Å². The van der Waals surface area contributed by atoms with Gasteiger partial charge in [0.25, 0.3) is 0 Å². The van der Waals surface area contributed by atoms with E-state index in [9.17, 15) is 9.18 Å². The Bertz CT molecular complexity index is 777. The standard InChI is InChI=1S/C15H11FN2O/c1-18-9-17-13-8-11(5-6-14(13)18)15(19)10-3-2-4-12(16)7-10/h2-9H,1H3. The molecule has 0 bridgehead atoms. The van der Waals surface area contributed by atoms with Crippen molar-refractivity contribution in [1.82, 2.24) is 9.55 Å². The van der Waals surface area contributed by atoms with Crippen LogP contribution in [0.2, 0.25) is 0 Å². The SMILES string of the molecule is Cn1cnc2cc(C(=O)c3cccc(F)c3)ccc21. The first-order valence-electron chi connectivity index (χ1n) is 5.86. The first-order chi connectivity index (χ1) is 9.15. The predicted molar refractivity (Wildman–Crippen MR) is 70.5 cm³/mol. The molecule has 0 aliphatic rings. The van der Waals surface area contributed by atoms with Crippen molar-refractivity contribution in [3.8, 4) is 0 Å². The summed E-state index contributed by atoms with van der Waals surface area (Å²) in [5, 5.41) is 0. The molecule has 1 heterocycles. The number of benzene rings is 2. The number of nitrogens with zero attached hydrogens (tertiary/aromatic N) is 2. The van der Waals surface area contributed by atoms with Crippen LogP contribution in [0.25, 0.3) is 11.0 Å². The van der Waals surface area contributed by atoms with E-state index in [4.69, 9.17) is 0 Å². The number of halogens is 1. The third-order valence-electron chi connectivity index (χ3n) is 3.07. The van der Waals surface area contributed by atoms with Crippen molar-refractivity contribution in [3.05, 3.63) is 65.7 Å². The van der Waals surface area contributed by atoms with Gasteiger partial charge in [0.2, 0.25) is 0 Å². The van der Waals surface area contributed by atoms with Crippen molar-refractivity contribution in [3.63, 3.8) is 0 Å². The molecule has 0 unspecified atom stereocenters. The number of hydrogen-bond donors (Lipinski definition) is 0. The number of ketones is 1. The molecule has 0 N–H and O–H groups in total. The van der Waals surface area contributed by atoms with Crippen molar-refractivity contribution < 1.29 is 9.18 Å². The van der Waals surface area contributed by atoms with Gasteiger partial charge in [0, 0.05) is 18.2 Å². The van der Waals surface area contributed by atoms with Gasteiger partial charge in [-0.15, -0.1) is 0 Å². The van der Waals surface area contributed by atoms with Crippen LogP contribution in [0.4, 0.5) is 4.39 Å². The molecule has 0 fully saturated rings. The second-order valence-corrected chi connectivity index (χ2v) is 4.40. The lowest BCUT2D eigenvalue weighted by atomic mass is 10.0. The van der Waals surface area contributed by atoms with Crippen LogP contribution in [-0.4, -0.2) is 15.3 Å². The Balaban J connectivity index is 2.06. The highest BCUT2D eigenvalue weighted by atomic mass is 19.1. The lowest BCUT2D eigenvalue weighted by Crippen LogP contribution is -2.01. The predicted octanol–water partition coefficient (Wildman–Crippen LogP) is 2.94. The average molecular weight is 254 g/mol. The van der Waals surface area contributed by atoms with E-state index in [-0.39, 0.29) is 5.78 Å². The fourth-order valence-corrected chi connectivity index (χ4v) is 2.07. The highest BCUT2D eigenvalue weighted by molar-refractivity contribution is 6.10. The largest absolute Gasteiger partial charge is 0.334 e. The maximum atomic E-state index is 13.1. The number of carbonyl (C=O) groups excluding carboxylic acids is 1. The number of aromatic nitrogens is 2. The quantitative estimate of drug-likeness (QED) is 0.659. The zero-order valence-corrected chi connectivity index (χ0v) is 10.3. The van der Waals surface area contributed by atoms with Crippen LogP contribution in [0.15, 0.2) is 48.8 Å². The molecule has 0 saturated carbocycles. The number of carbonyl (C=O) groups is 1. The summed E-state index contributed by atoms with van der Waals surface area (Å²) >= 11 is 0. The number of aryl methyl sites for hydroxylation is 1. The van der Waals surface area contributed by atoms with Crippen LogP contribution in [0, 0.1) is 5.82 Å². The molecular formula is C15H11FN2O. The Labute approximate surface area is 109 Å². The summed E-state index contributed by atoms with van der Waals surface area (Å²) in [6.07, 6.45) is 1.70. The van der Waals surface area contributed by atoms with Crippen molar-refractivity contribution >= 4 is 16.8 Å². The molecule has 0 saturated heterocycles. The molecule has 0 radical (unpaired) electrons. The van der Waals surface area contributed by atoms with E-state index >= 15 is 0 Å². The fraction of sp³-hybridized carbons (Fsp3) is 0.0667. The molecule has 3 aromatic rings. The van der Waals surface area contributed by atoms with Crippen molar-refractivity contribution in [2.24, 2.45) is 7.05 Å². The van der Waals surface area contributed by atoms with Crippen LogP contribution < -0.4 is 0 Å². The van der Waals surface area contributed by atoms with Crippen LogP contribution in [0.3, 0.4) is 0 Å². The fourth-order valence-electron chi connectivity index (χ4n) is 2.07. The van der Waals surface area contributed by atoms with Crippen LogP contribution >= 0.6 is 0 Å². The van der Waals surface area contributed by atoms with E-state index in [1.165, 1.54) is 18.2 Å². The number of hydrogen-bond acceptors (Lipinski definition) is 2. The highest BCUT2D eigenvalue weighted by Crippen LogP contribution is 2.17. The molecule has 3 rings (SSSR count). The molecule has 3 nitrogen and oxygen atoms in total. The normalized spacial score (nSPS) is 10.8. The second-order valence-electron chi connectivity index (χ2n) is 4.40. The van der Waals surface area contributed by atoms with Crippen LogP contribution in [-0.2, 0) is 7.05 Å². The van der Waals surface area contributed by atoms with E-state index in [1.54, 1.807) is 24.5 Å². The average Bonchev–Trinajstić information content (AvgIpc) is 2.79. The minimum absolute atomic E-state index is 0.202. The number of imidazole rings is 1. The lowest BCUT2D eigenvalue weighted by molar-refractivity contribution is 0.103. The summed E-state index contributed by atoms with van der Waals surface area (Å²) in [4.78, 5) is 16.5. The van der Waals surface area contributed by atoms with Crippen LogP contribution in [0.1, 0.15) is 15.9 Å². The second kappa shape index (κ2) is 4.31. The minimum Gasteiger partial charge on any atom is -0.334 e. The Kier molecular flexibility index (Phi) is 2.63. The number of fused-ring (bicyclic) bond motifs is 1. The van der Waals surface area contributed by atoms with Gasteiger partial charge in [-0.1, -0.05) is 12.1 Å². The minimum atomic E-state index is -0.412. The zero-order chi connectivity index (χ0) is 13.4. The van der Waals surface area contributed by atoms with Gasteiger partial charge in [-0.25, -0.2) is 9.37 Å². The number of rotatable bonds is 2. The maximum absolute atomic E-state index is 13.1. The molecule has 0 atom stereocenters. The summed E-state index contributed by atoms with van der Waals surface area (Å²) < 4.78 is 15.0. The van der Waals surface area contributed by atoms with E-state index in [2.05, 4.69) is 4.98 Å². The highest BCUT2D eigenvalue weighted by Gasteiger charge is 2.11. The van der Waals surface area contributed by atoms with E-state index in [0.717, 1.165) is 11.0 Å². The van der Waals surface area contributed by atoms with E-state index < -0.39 is 5.82 Å².